The third kappa shape index (κ3) is 2.46. The van der Waals surface area contributed by atoms with E-state index in [1.807, 2.05) is 29.6 Å². The smallest absolute Gasteiger partial charge is 0.235 e. The summed E-state index contributed by atoms with van der Waals surface area (Å²) in [6.45, 7) is 6.23. The van der Waals surface area contributed by atoms with Gasteiger partial charge >= 0.3 is 0 Å². The number of benzene rings is 1. The summed E-state index contributed by atoms with van der Waals surface area (Å²) < 4.78 is 1.85. The van der Waals surface area contributed by atoms with E-state index in [9.17, 15) is 0 Å². The maximum absolute atomic E-state index is 4.71. The van der Waals surface area contributed by atoms with Crippen molar-refractivity contribution >= 4 is 27.6 Å². The molecule has 23 heavy (non-hydrogen) atoms. The van der Waals surface area contributed by atoms with Crippen LogP contribution in [0.4, 0.5) is 0 Å². The third-order valence-corrected chi connectivity index (χ3v) is 5.80. The Bertz CT molecular complexity index is 965. The highest BCUT2D eigenvalue weighted by molar-refractivity contribution is 7.25. The highest BCUT2D eigenvalue weighted by Crippen LogP contribution is 2.37. The van der Waals surface area contributed by atoms with Gasteiger partial charge in [0.2, 0.25) is 4.96 Å². The Kier molecular flexibility index (Phi) is 3.46. The van der Waals surface area contributed by atoms with Gasteiger partial charge in [0.05, 0.1) is 10.6 Å². The van der Waals surface area contributed by atoms with Gasteiger partial charge in [0.15, 0.2) is 10.8 Å². The number of aromatic nitrogens is 5. The summed E-state index contributed by atoms with van der Waals surface area (Å²) in [5.41, 5.74) is 2.14. The summed E-state index contributed by atoms with van der Waals surface area (Å²) in [6.07, 6.45) is 0. The summed E-state index contributed by atoms with van der Waals surface area (Å²) in [6, 6.07) is 10.2. The Balaban J connectivity index is 1.80. The Morgan fingerprint density at radius 1 is 1.00 bits per heavy atom. The van der Waals surface area contributed by atoms with Crippen molar-refractivity contribution in [2.45, 2.75) is 26.7 Å². The normalized spacial score (nSPS) is 11.7. The van der Waals surface area contributed by atoms with Gasteiger partial charge in [-0.25, -0.2) is 4.98 Å². The molecule has 0 N–H and O–H groups in total. The van der Waals surface area contributed by atoms with Crippen molar-refractivity contribution in [2.75, 3.05) is 0 Å². The summed E-state index contributed by atoms with van der Waals surface area (Å²) >= 11 is 3.23. The molecule has 4 aromatic rings. The predicted molar refractivity (Wildman–Crippen MR) is 94.0 cm³/mol. The van der Waals surface area contributed by atoms with Crippen LogP contribution in [0.3, 0.4) is 0 Å². The molecule has 0 spiro atoms. The molecule has 0 aliphatic rings. The molecule has 1 aromatic carbocycles. The number of hydrogen-bond acceptors (Lipinski definition) is 6. The van der Waals surface area contributed by atoms with Crippen LogP contribution in [0.5, 0.6) is 0 Å². The lowest BCUT2D eigenvalue weighted by Gasteiger charge is -1.97. The van der Waals surface area contributed by atoms with E-state index >= 15 is 0 Å². The molecule has 0 aliphatic carbocycles. The molecule has 3 heterocycles. The van der Waals surface area contributed by atoms with Gasteiger partial charge in [0.1, 0.15) is 5.01 Å². The van der Waals surface area contributed by atoms with E-state index in [1.54, 1.807) is 22.7 Å². The molecular weight excluding hydrogens is 326 g/mol. The lowest BCUT2D eigenvalue weighted by atomic mass is 10.2. The zero-order chi connectivity index (χ0) is 16.0. The van der Waals surface area contributed by atoms with Crippen molar-refractivity contribution in [3.05, 3.63) is 41.9 Å². The van der Waals surface area contributed by atoms with Crippen molar-refractivity contribution in [3.63, 3.8) is 0 Å². The quantitative estimate of drug-likeness (QED) is 0.554. The highest BCUT2D eigenvalue weighted by atomic mass is 32.1. The molecule has 5 nitrogen and oxygen atoms in total. The van der Waals surface area contributed by atoms with Crippen LogP contribution in [0.2, 0.25) is 0 Å². The molecule has 0 aliphatic heterocycles. The van der Waals surface area contributed by atoms with E-state index in [2.05, 4.69) is 36.2 Å². The minimum atomic E-state index is 0.294. The Morgan fingerprint density at radius 3 is 2.52 bits per heavy atom. The number of rotatable bonds is 3. The standard InChI is InChI=1S/C16H15N5S2/c1-9(2)13-18-19-16-21(13)20-15(23-16)12-10(3)17-14(22-12)11-7-5-4-6-8-11/h4-9H,1-3H3. The topological polar surface area (TPSA) is 56.0 Å². The van der Waals surface area contributed by atoms with Crippen molar-refractivity contribution < 1.29 is 0 Å². The van der Waals surface area contributed by atoms with Crippen LogP contribution in [0.15, 0.2) is 30.3 Å². The average Bonchev–Trinajstić information content (AvgIpc) is 3.20. The maximum atomic E-state index is 4.71. The van der Waals surface area contributed by atoms with Gasteiger partial charge in [-0.1, -0.05) is 55.5 Å². The summed E-state index contributed by atoms with van der Waals surface area (Å²) in [7, 11) is 0. The molecule has 7 heteroatoms. The van der Waals surface area contributed by atoms with E-state index in [1.165, 1.54) is 0 Å². The molecule has 0 bridgehead atoms. The highest BCUT2D eigenvalue weighted by Gasteiger charge is 2.19. The monoisotopic (exact) mass is 341 g/mol. The van der Waals surface area contributed by atoms with E-state index < -0.39 is 0 Å². The van der Waals surface area contributed by atoms with Crippen LogP contribution in [0.1, 0.15) is 31.3 Å². The minimum Gasteiger partial charge on any atom is -0.241 e. The number of hydrogen-bond donors (Lipinski definition) is 0. The SMILES string of the molecule is Cc1nc(-c2ccccc2)sc1-c1nn2c(C(C)C)nnc2s1. The van der Waals surface area contributed by atoms with Crippen molar-refractivity contribution in [1.82, 2.24) is 24.8 Å². The molecule has 116 valence electrons. The molecule has 0 saturated carbocycles. The minimum absolute atomic E-state index is 0.294. The molecule has 0 fully saturated rings. The lowest BCUT2D eigenvalue weighted by molar-refractivity contribution is 0.727. The molecule has 0 unspecified atom stereocenters. The van der Waals surface area contributed by atoms with Crippen LogP contribution in [-0.4, -0.2) is 24.8 Å². The van der Waals surface area contributed by atoms with Crippen molar-refractivity contribution in [2.24, 2.45) is 0 Å². The first-order valence-corrected chi connectivity index (χ1v) is 9.02. The van der Waals surface area contributed by atoms with E-state index in [0.717, 1.165) is 36.9 Å². The van der Waals surface area contributed by atoms with E-state index in [4.69, 9.17) is 10.1 Å². The second-order valence-electron chi connectivity index (χ2n) is 5.61. The number of thiazole rings is 1. The molecule has 0 amide bonds. The van der Waals surface area contributed by atoms with E-state index in [-0.39, 0.29) is 0 Å². The fraction of sp³-hybridized carbons (Fsp3) is 0.250. The first-order chi connectivity index (χ1) is 11.1. The Labute approximate surface area is 141 Å². The molecule has 3 aromatic heterocycles. The molecule has 0 radical (unpaired) electrons. The van der Waals surface area contributed by atoms with Crippen molar-refractivity contribution in [1.29, 1.82) is 0 Å². The fourth-order valence-corrected chi connectivity index (χ4v) is 4.42. The van der Waals surface area contributed by atoms with Gasteiger partial charge in [-0.15, -0.1) is 21.5 Å². The maximum Gasteiger partial charge on any atom is 0.235 e. The van der Waals surface area contributed by atoms with Crippen LogP contribution in [0.25, 0.3) is 25.4 Å². The predicted octanol–water partition coefficient (Wildman–Crippen LogP) is 4.41. The summed E-state index contributed by atoms with van der Waals surface area (Å²) in [5.74, 6) is 1.19. The van der Waals surface area contributed by atoms with Gasteiger partial charge in [-0.2, -0.15) is 9.61 Å². The Morgan fingerprint density at radius 2 is 1.78 bits per heavy atom. The second-order valence-corrected chi connectivity index (χ2v) is 7.57. The van der Waals surface area contributed by atoms with Gasteiger partial charge < -0.3 is 0 Å². The zero-order valence-electron chi connectivity index (χ0n) is 13.0. The first-order valence-electron chi connectivity index (χ1n) is 7.39. The van der Waals surface area contributed by atoms with Gasteiger partial charge in [-0.3, -0.25) is 0 Å². The number of nitrogens with zero attached hydrogens (tertiary/aromatic N) is 5. The molecule has 0 saturated heterocycles. The Hall–Kier alpha value is -2.12. The zero-order valence-corrected chi connectivity index (χ0v) is 14.6. The van der Waals surface area contributed by atoms with Crippen LogP contribution in [0, 0.1) is 6.92 Å². The van der Waals surface area contributed by atoms with Gasteiger partial charge in [-0.05, 0) is 6.92 Å². The second kappa shape index (κ2) is 5.50. The third-order valence-electron chi connectivity index (χ3n) is 3.54. The van der Waals surface area contributed by atoms with Gasteiger partial charge in [0.25, 0.3) is 0 Å². The molecular formula is C16H15N5S2. The van der Waals surface area contributed by atoms with Gasteiger partial charge in [0, 0.05) is 11.5 Å². The van der Waals surface area contributed by atoms with Crippen LogP contribution < -0.4 is 0 Å². The van der Waals surface area contributed by atoms with Crippen LogP contribution in [-0.2, 0) is 0 Å². The largest absolute Gasteiger partial charge is 0.241 e. The summed E-state index contributed by atoms with van der Waals surface area (Å²) in [5, 5.41) is 15.1. The first kappa shape index (κ1) is 14.5. The number of aryl methyl sites for hydroxylation is 1. The molecule has 4 rings (SSSR count). The molecule has 0 atom stereocenters. The van der Waals surface area contributed by atoms with Crippen molar-refractivity contribution in [3.8, 4) is 20.5 Å². The lowest BCUT2D eigenvalue weighted by Crippen LogP contribution is -1.97. The summed E-state index contributed by atoms with van der Waals surface area (Å²) in [4.78, 5) is 6.65. The van der Waals surface area contributed by atoms with Crippen LogP contribution >= 0.6 is 22.7 Å². The number of fused-ring (bicyclic) bond motifs is 1. The van der Waals surface area contributed by atoms with E-state index in [0.29, 0.717) is 5.92 Å². The average molecular weight is 341 g/mol. The fourth-order valence-electron chi connectivity index (χ4n) is 2.38.